The molecule has 6 nitrogen and oxygen atoms in total. The van der Waals surface area contributed by atoms with Crippen LogP contribution in [0.2, 0.25) is 0 Å². The molecule has 2 heterocycles. The standard InChI is InChI=1S/C24H23F7N4O2/c25-16-2-1-3-17(13-16)35-14-33-21(37)22(35)6-9-34(10-7-22)11-8-32-20(36)18-12-15(23(26,27)28)4-5-19(18)24(29,30)31/h1-5,12-13H,6-11,14H2,(H,32,36)(H,33,37). The molecule has 2 aliphatic heterocycles. The van der Waals surface area contributed by atoms with Gasteiger partial charge in [0.05, 0.1) is 23.4 Å². The van der Waals surface area contributed by atoms with E-state index in [1.807, 2.05) is 9.80 Å². The summed E-state index contributed by atoms with van der Waals surface area (Å²) in [6.45, 7) is 1.14. The van der Waals surface area contributed by atoms with E-state index in [1.165, 1.54) is 12.1 Å². The van der Waals surface area contributed by atoms with Gasteiger partial charge >= 0.3 is 12.4 Å². The van der Waals surface area contributed by atoms with Crippen LogP contribution in [0.15, 0.2) is 42.5 Å². The normalized spacial score (nSPS) is 18.2. The second-order valence-corrected chi connectivity index (χ2v) is 8.96. The summed E-state index contributed by atoms with van der Waals surface area (Å²) in [5.41, 5.74) is -4.24. The van der Waals surface area contributed by atoms with Crippen LogP contribution in [0.1, 0.15) is 34.3 Å². The molecule has 1 spiro atoms. The number of nitrogens with one attached hydrogen (secondary N) is 2. The van der Waals surface area contributed by atoms with Crippen LogP contribution in [-0.2, 0) is 17.1 Å². The van der Waals surface area contributed by atoms with Crippen LogP contribution in [0.25, 0.3) is 0 Å². The van der Waals surface area contributed by atoms with Crippen molar-refractivity contribution in [2.45, 2.75) is 30.7 Å². The van der Waals surface area contributed by atoms with E-state index < -0.39 is 46.3 Å². The van der Waals surface area contributed by atoms with Gasteiger partial charge in [0.25, 0.3) is 5.91 Å². The molecule has 2 aromatic rings. The molecular formula is C24H23F7N4O2. The molecule has 2 fully saturated rings. The molecule has 2 N–H and O–H groups in total. The number of anilines is 1. The van der Waals surface area contributed by atoms with E-state index in [2.05, 4.69) is 10.6 Å². The Kier molecular flexibility index (Phi) is 7.10. The van der Waals surface area contributed by atoms with Crippen molar-refractivity contribution in [1.29, 1.82) is 0 Å². The molecule has 2 aromatic carbocycles. The van der Waals surface area contributed by atoms with Gasteiger partial charge in [-0.3, -0.25) is 9.59 Å². The summed E-state index contributed by atoms with van der Waals surface area (Å²) in [6, 6.07) is 6.63. The number of amides is 2. The highest BCUT2D eigenvalue weighted by Crippen LogP contribution is 2.37. The van der Waals surface area contributed by atoms with Crippen molar-refractivity contribution < 1.29 is 40.3 Å². The molecule has 200 valence electrons. The number of alkyl halides is 6. The Morgan fingerprint density at radius 1 is 1.00 bits per heavy atom. The maximum absolute atomic E-state index is 13.7. The third-order valence-electron chi connectivity index (χ3n) is 6.75. The monoisotopic (exact) mass is 532 g/mol. The lowest BCUT2D eigenvalue weighted by atomic mass is 9.85. The van der Waals surface area contributed by atoms with Crippen molar-refractivity contribution in [2.75, 3.05) is 37.7 Å². The number of benzene rings is 2. The van der Waals surface area contributed by atoms with Gasteiger partial charge in [0, 0.05) is 31.9 Å². The molecule has 13 heteroatoms. The summed E-state index contributed by atoms with van der Waals surface area (Å²) in [4.78, 5) is 28.8. The van der Waals surface area contributed by atoms with Gasteiger partial charge in [-0.1, -0.05) is 6.07 Å². The molecule has 2 amide bonds. The first kappa shape index (κ1) is 26.7. The second-order valence-electron chi connectivity index (χ2n) is 8.96. The van der Waals surface area contributed by atoms with Crippen molar-refractivity contribution in [3.8, 4) is 0 Å². The van der Waals surface area contributed by atoms with Crippen LogP contribution >= 0.6 is 0 Å². The molecule has 37 heavy (non-hydrogen) atoms. The van der Waals surface area contributed by atoms with Gasteiger partial charge in [-0.25, -0.2) is 4.39 Å². The lowest BCUT2D eigenvalue weighted by Crippen LogP contribution is -2.57. The summed E-state index contributed by atoms with van der Waals surface area (Å²) in [5, 5.41) is 5.06. The number of carbonyl (C=O) groups is 2. The minimum absolute atomic E-state index is 0.112. The predicted molar refractivity (Wildman–Crippen MR) is 119 cm³/mol. The highest BCUT2D eigenvalue weighted by molar-refractivity contribution is 5.96. The first-order valence-corrected chi connectivity index (χ1v) is 11.4. The summed E-state index contributed by atoms with van der Waals surface area (Å²) >= 11 is 0. The van der Waals surface area contributed by atoms with Gasteiger partial charge in [-0.05, 0) is 49.2 Å². The van der Waals surface area contributed by atoms with E-state index in [1.54, 1.807) is 12.1 Å². The first-order valence-electron chi connectivity index (χ1n) is 11.4. The molecule has 4 rings (SSSR count). The SMILES string of the molecule is O=C(NCCN1CCC2(CC1)C(=O)NCN2c1cccc(F)c1)c1cc(C(F)(F)F)ccc1C(F)(F)F. The average molecular weight is 532 g/mol. The molecule has 0 atom stereocenters. The summed E-state index contributed by atoms with van der Waals surface area (Å²) in [7, 11) is 0. The summed E-state index contributed by atoms with van der Waals surface area (Å²) in [6.07, 6.45) is -9.15. The van der Waals surface area contributed by atoms with Crippen LogP contribution in [-0.4, -0.2) is 55.1 Å². The highest BCUT2D eigenvalue weighted by atomic mass is 19.4. The van der Waals surface area contributed by atoms with Gasteiger partial charge in [0.15, 0.2) is 0 Å². The van der Waals surface area contributed by atoms with E-state index in [-0.39, 0.29) is 43.9 Å². The Hall–Kier alpha value is -3.35. The number of piperidine rings is 1. The topological polar surface area (TPSA) is 64.7 Å². The van der Waals surface area contributed by atoms with Gasteiger partial charge in [0.1, 0.15) is 11.4 Å². The van der Waals surface area contributed by atoms with Gasteiger partial charge in [0.2, 0.25) is 5.91 Å². The quantitative estimate of drug-likeness (QED) is 0.572. The molecular weight excluding hydrogens is 509 g/mol. The largest absolute Gasteiger partial charge is 0.417 e. The highest BCUT2D eigenvalue weighted by Gasteiger charge is 2.50. The Labute approximate surface area is 207 Å². The van der Waals surface area contributed by atoms with Crippen LogP contribution in [0, 0.1) is 5.82 Å². The average Bonchev–Trinajstić information content (AvgIpc) is 3.14. The van der Waals surface area contributed by atoms with Crippen molar-refractivity contribution in [3.05, 3.63) is 65.0 Å². The maximum atomic E-state index is 13.7. The molecule has 0 radical (unpaired) electrons. The molecule has 0 aliphatic carbocycles. The molecule has 0 saturated carbocycles. The zero-order valence-corrected chi connectivity index (χ0v) is 19.3. The van der Waals surface area contributed by atoms with E-state index in [4.69, 9.17) is 0 Å². The third-order valence-corrected chi connectivity index (χ3v) is 6.75. The molecule has 2 saturated heterocycles. The Morgan fingerprint density at radius 2 is 1.70 bits per heavy atom. The van der Waals surface area contributed by atoms with E-state index >= 15 is 0 Å². The molecule has 0 aromatic heterocycles. The number of likely N-dealkylation sites (tertiary alicyclic amines) is 1. The summed E-state index contributed by atoms with van der Waals surface area (Å²) in [5.74, 6) is -1.89. The Morgan fingerprint density at radius 3 is 2.32 bits per heavy atom. The van der Waals surface area contributed by atoms with E-state index in [0.717, 1.165) is 0 Å². The fraction of sp³-hybridized carbons (Fsp3) is 0.417. The van der Waals surface area contributed by atoms with Crippen LogP contribution < -0.4 is 15.5 Å². The number of rotatable bonds is 5. The number of nitrogens with zero attached hydrogens (tertiary/aromatic N) is 2. The van der Waals surface area contributed by atoms with Crippen LogP contribution in [0.4, 0.5) is 36.4 Å². The second kappa shape index (κ2) is 9.84. The lowest BCUT2D eigenvalue weighted by Gasteiger charge is -2.43. The van der Waals surface area contributed by atoms with Crippen molar-refractivity contribution in [2.24, 2.45) is 0 Å². The van der Waals surface area contributed by atoms with Crippen molar-refractivity contribution in [3.63, 3.8) is 0 Å². The molecule has 0 bridgehead atoms. The lowest BCUT2D eigenvalue weighted by molar-refractivity contribution is -0.141. The fourth-order valence-corrected chi connectivity index (χ4v) is 4.79. The van der Waals surface area contributed by atoms with Crippen LogP contribution in [0.3, 0.4) is 0 Å². The number of halogens is 7. The van der Waals surface area contributed by atoms with Crippen molar-refractivity contribution in [1.82, 2.24) is 15.5 Å². The Balaban J connectivity index is 1.38. The van der Waals surface area contributed by atoms with Gasteiger partial charge in [-0.15, -0.1) is 0 Å². The zero-order chi connectivity index (χ0) is 27.0. The molecule has 2 aliphatic rings. The van der Waals surface area contributed by atoms with E-state index in [9.17, 15) is 40.3 Å². The molecule has 0 unspecified atom stereocenters. The minimum atomic E-state index is -5.01. The predicted octanol–water partition coefficient (Wildman–Crippen LogP) is 4.02. The first-order chi connectivity index (χ1) is 17.3. The maximum Gasteiger partial charge on any atom is 0.417 e. The smallest absolute Gasteiger partial charge is 0.351 e. The fourth-order valence-electron chi connectivity index (χ4n) is 4.79. The van der Waals surface area contributed by atoms with Crippen molar-refractivity contribution >= 4 is 17.5 Å². The number of hydrogen-bond donors (Lipinski definition) is 2. The van der Waals surface area contributed by atoms with Gasteiger partial charge < -0.3 is 20.4 Å². The third kappa shape index (κ3) is 5.50. The number of carbonyl (C=O) groups excluding carboxylic acids is 2. The van der Waals surface area contributed by atoms with Crippen LogP contribution in [0.5, 0.6) is 0 Å². The number of hydrogen-bond acceptors (Lipinski definition) is 4. The Bertz CT molecular complexity index is 1170. The van der Waals surface area contributed by atoms with E-state index in [0.29, 0.717) is 31.6 Å². The zero-order valence-electron chi connectivity index (χ0n) is 19.3. The summed E-state index contributed by atoms with van der Waals surface area (Å²) < 4.78 is 92.5. The minimum Gasteiger partial charge on any atom is -0.351 e. The van der Waals surface area contributed by atoms with Gasteiger partial charge in [-0.2, -0.15) is 26.3 Å².